The van der Waals surface area contributed by atoms with Gasteiger partial charge in [-0.3, -0.25) is 4.79 Å². The van der Waals surface area contributed by atoms with Crippen molar-refractivity contribution >= 4 is 11.6 Å². The molecule has 1 atom stereocenters. The average Bonchev–Trinajstić information content (AvgIpc) is 2.97. The molecule has 4 nitrogen and oxygen atoms in total. The lowest BCUT2D eigenvalue weighted by molar-refractivity contribution is -0.114. The lowest BCUT2D eigenvalue weighted by Crippen LogP contribution is -2.34. The number of aryl methyl sites for hydroxylation is 1. The van der Waals surface area contributed by atoms with Gasteiger partial charge in [0, 0.05) is 25.6 Å². The Morgan fingerprint density at radius 3 is 2.05 bits per heavy atom. The van der Waals surface area contributed by atoms with Crippen molar-refractivity contribution in [3.8, 4) is 5.75 Å². The fraction of sp³-hybridized carbons (Fsp3) is 0.286. The van der Waals surface area contributed by atoms with Gasteiger partial charge < -0.3 is 15.0 Å². The van der Waals surface area contributed by atoms with E-state index in [1.165, 1.54) is 16.7 Å². The van der Waals surface area contributed by atoms with E-state index < -0.39 is 0 Å². The molecule has 1 fully saturated rings. The van der Waals surface area contributed by atoms with Gasteiger partial charge in [-0.25, -0.2) is 0 Å². The zero-order valence-corrected chi connectivity index (χ0v) is 23.1. The number of anilines is 1. The summed E-state index contributed by atoms with van der Waals surface area (Å²) in [5.74, 6) is 1.44. The number of carbonyl (C=O) groups is 1. The first-order valence-corrected chi connectivity index (χ1v) is 13.9. The molecule has 0 radical (unpaired) electrons. The largest absolute Gasteiger partial charge is 0.486 e. The molecule has 0 aliphatic carbocycles. The minimum Gasteiger partial charge on any atom is -0.486 e. The zero-order valence-electron chi connectivity index (χ0n) is 23.1. The molecule has 39 heavy (non-hydrogen) atoms. The van der Waals surface area contributed by atoms with Crippen LogP contribution in [0.15, 0.2) is 115 Å². The molecule has 1 heterocycles. The SMILES string of the molecule is CC(=O)Nc1cccc(C2CCN(CCC(Oc3ccccc3)c3ccccc3)CC2)c1.Cc1ccccc1. The molecule has 4 heteroatoms. The van der Waals surface area contributed by atoms with E-state index in [1.54, 1.807) is 6.92 Å². The minimum absolute atomic E-state index is 0.0253. The van der Waals surface area contributed by atoms with Crippen molar-refractivity contribution in [1.29, 1.82) is 0 Å². The van der Waals surface area contributed by atoms with Gasteiger partial charge >= 0.3 is 0 Å². The molecule has 1 aliphatic heterocycles. The number of likely N-dealkylation sites (tertiary alicyclic amines) is 1. The second-order valence-electron chi connectivity index (χ2n) is 10.2. The monoisotopic (exact) mass is 520 g/mol. The van der Waals surface area contributed by atoms with Gasteiger partial charge in [0.05, 0.1) is 0 Å². The maximum absolute atomic E-state index is 11.4. The first-order valence-electron chi connectivity index (χ1n) is 13.9. The number of piperidine rings is 1. The summed E-state index contributed by atoms with van der Waals surface area (Å²) >= 11 is 0. The van der Waals surface area contributed by atoms with E-state index in [0.717, 1.165) is 50.3 Å². The second-order valence-corrected chi connectivity index (χ2v) is 10.2. The molecular weight excluding hydrogens is 480 g/mol. The van der Waals surface area contributed by atoms with E-state index in [0.29, 0.717) is 5.92 Å². The highest BCUT2D eigenvalue weighted by Gasteiger charge is 2.22. The predicted octanol–water partition coefficient (Wildman–Crippen LogP) is 8.03. The van der Waals surface area contributed by atoms with E-state index in [9.17, 15) is 4.79 Å². The standard InChI is InChI=1S/C28H32N2O2.C7H8/c1-22(31)29-26-12-8-11-25(21-26)23-15-18-30(19-16-23)20-17-28(24-9-4-2-5-10-24)32-27-13-6-3-7-14-27;1-7-5-3-2-4-6-7/h2-14,21,23,28H,15-20H2,1H3,(H,29,31);2-6H,1H3. The summed E-state index contributed by atoms with van der Waals surface area (Å²) in [6.45, 7) is 6.82. The van der Waals surface area contributed by atoms with Gasteiger partial charge in [-0.05, 0) is 74.2 Å². The Morgan fingerprint density at radius 1 is 0.846 bits per heavy atom. The van der Waals surface area contributed by atoms with E-state index >= 15 is 0 Å². The quantitative estimate of drug-likeness (QED) is 0.256. The number of para-hydroxylation sites is 1. The predicted molar refractivity (Wildman–Crippen MR) is 161 cm³/mol. The van der Waals surface area contributed by atoms with Crippen LogP contribution in [-0.4, -0.2) is 30.4 Å². The van der Waals surface area contributed by atoms with Gasteiger partial charge in [-0.2, -0.15) is 0 Å². The van der Waals surface area contributed by atoms with E-state index in [4.69, 9.17) is 4.74 Å². The van der Waals surface area contributed by atoms with Gasteiger partial charge in [-0.15, -0.1) is 0 Å². The molecule has 0 spiro atoms. The maximum Gasteiger partial charge on any atom is 0.221 e. The van der Waals surface area contributed by atoms with Crippen molar-refractivity contribution in [2.24, 2.45) is 0 Å². The van der Waals surface area contributed by atoms with Crippen LogP contribution in [0.1, 0.15) is 54.9 Å². The number of nitrogens with one attached hydrogen (secondary N) is 1. The first kappa shape index (κ1) is 28.1. The molecule has 1 saturated heterocycles. The zero-order chi connectivity index (χ0) is 27.3. The fourth-order valence-electron chi connectivity index (χ4n) is 5.02. The molecule has 4 aromatic carbocycles. The molecule has 1 amide bonds. The number of hydrogen-bond acceptors (Lipinski definition) is 3. The Kier molecular flexibility index (Phi) is 10.7. The van der Waals surface area contributed by atoms with Gasteiger partial charge in [0.2, 0.25) is 5.91 Å². The molecule has 5 rings (SSSR count). The Morgan fingerprint density at radius 2 is 1.46 bits per heavy atom. The highest BCUT2D eigenvalue weighted by molar-refractivity contribution is 5.88. The Labute approximate surface area is 233 Å². The van der Waals surface area contributed by atoms with Crippen LogP contribution in [0.4, 0.5) is 5.69 Å². The average molecular weight is 521 g/mol. The molecule has 1 unspecified atom stereocenters. The van der Waals surface area contributed by atoms with E-state index in [1.807, 2.05) is 60.7 Å². The maximum atomic E-state index is 11.4. The number of hydrogen-bond donors (Lipinski definition) is 1. The molecular formula is C35H40N2O2. The first-order chi connectivity index (χ1) is 19.1. The van der Waals surface area contributed by atoms with Gasteiger partial charge in [0.1, 0.15) is 11.9 Å². The smallest absolute Gasteiger partial charge is 0.221 e. The van der Waals surface area contributed by atoms with Crippen LogP contribution in [0.5, 0.6) is 5.75 Å². The third-order valence-corrected chi connectivity index (χ3v) is 7.11. The van der Waals surface area contributed by atoms with Crippen LogP contribution in [0.25, 0.3) is 0 Å². The van der Waals surface area contributed by atoms with Crippen molar-refractivity contribution in [2.75, 3.05) is 25.0 Å². The van der Waals surface area contributed by atoms with Crippen molar-refractivity contribution < 1.29 is 9.53 Å². The molecule has 1 N–H and O–H groups in total. The molecule has 1 aliphatic rings. The van der Waals surface area contributed by atoms with Crippen LogP contribution in [-0.2, 0) is 4.79 Å². The fourth-order valence-corrected chi connectivity index (χ4v) is 5.02. The lowest BCUT2D eigenvalue weighted by atomic mass is 9.89. The summed E-state index contributed by atoms with van der Waals surface area (Å²) in [6, 6.07) is 39.2. The highest BCUT2D eigenvalue weighted by Crippen LogP contribution is 2.31. The number of ether oxygens (including phenoxy) is 1. The van der Waals surface area contributed by atoms with E-state index in [2.05, 4.69) is 71.7 Å². The molecule has 0 bridgehead atoms. The topological polar surface area (TPSA) is 41.6 Å². The highest BCUT2D eigenvalue weighted by atomic mass is 16.5. The van der Waals surface area contributed by atoms with Gasteiger partial charge in [0.25, 0.3) is 0 Å². The third-order valence-electron chi connectivity index (χ3n) is 7.11. The van der Waals surface area contributed by atoms with E-state index in [-0.39, 0.29) is 12.0 Å². The second kappa shape index (κ2) is 14.9. The summed E-state index contributed by atoms with van der Waals surface area (Å²) < 4.78 is 6.37. The van der Waals surface area contributed by atoms with Gasteiger partial charge in [-0.1, -0.05) is 96.6 Å². The van der Waals surface area contributed by atoms with Crippen LogP contribution in [0, 0.1) is 6.92 Å². The van der Waals surface area contributed by atoms with Crippen LogP contribution in [0.2, 0.25) is 0 Å². The Bertz CT molecular complexity index is 1250. The minimum atomic E-state index is -0.0253. The summed E-state index contributed by atoms with van der Waals surface area (Å²) in [4.78, 5) is 13.9. The Hall–Kier alpha value is -3.89. The van der Waals surface area contributed by atoms with Crippen LogP contribution < -0.4 is 10.1 Å². The molecule has 4 aromatic rings. The number of benzene rings is 4. The van der Waals surface area contributed by atoms with Crippen molar-refractivity contribution in [3.63, 3.8) is 0 Å². The summed E-state index contributed by atoms with van der Waals surface area (Å²) in [5.41, 5.74) is 4.76. The normalized spacial score (nSPS) is 14.5. The van der Waals surface area contributed by atoms with Crippen molar-refractivity contribution in [2.45, 2.75) is 45.1 Å². The van der Waals surface area contributed by atoms with Crippen LogP contribution in [0.3, 0.4) is 0 Å². The molecule has 0 aromatic heterocycles. The number of carbonyl (C=O) groups excluding carboxylic acids is 1. The van der Waals surface area contributed by atoms with Gasteiger partial charge in [0.15, 0.2) is 0 Å². The molecule has 0 saturated carbocycles. The number of rotatable bonds is 8. The van der Waals surface area contributed by atoms with Crippen molar-refractivity contribution in [1.82, 2.24) is 4.90 Å². The third kappa shape index (κ3) is 9.42. The number of amides is 1. The molecule has 202 valence electrons. The number of nitrogens with zero attached hydrogens (tertiary/aromatic N) is 1. The van der Waals surface area contributed by atoms with Crippen molar-refractivity contribution in [3.05, 3.63) is 132 Å². The summed E-state index contributed by atoms with van der Waals surface area (Å²) in [7, 11) is 0. The summed E-state index contributed by atoms with van der Waals surface area (Å²) in [6.07, 6.45) is 3.28. The Balaban J connectivity index is 0.000000438. The lowest BCUT2D eigenvalue weighted by Gasteiger charge is -2.33. The van der Waals surface area contributed by atoms with Crippen LogP contribution >= 0.6 is 0 Å². The summed E-state index contributed by atoms with van der Waals surface area (Å²) in [5, 5.41) is 2.90.